The zero-order chi connectivity index (χ0) is 19.5. The molecule has 0 saturated carbocycles. The molecule has 2 aromatic carbocycles. The van der Waals surface area contributed by atoms with Crippen LogP contribution >= 0.6 is 11.6 Å². The highest BCUT2D eigenvalue weighted by Crippen LogP contribution is 2.36. The highest BCUT2D eigenvalue weighted by molar-refractivity contribution is 6.30. The van der Waals surface area contributed by atoms with Crippen LogP contribution in [0, 0.1) is 0 Å². The molecule has 4 rings (SSSR count). The lowest BCUT2D eigenvalue weighted by Gasteiger charge is -2.30. The van der Waals surface area contributed by atoms with Crippen LogP contribution in [0.4, 0.5) is 11.4 Å². The average Bonchev–Trinajstić information content (AvgIpc) is 3.11. The molecular weight excluding hydrogens is 372 g/mol. The van der Waals surface area contributed by atoms with Gasteiger partial charge in [0.2, 0.25) is 5.91 Å². The van der Waals surface area contributed by atoms with Crippen molar-refractivity contribution < 1.29 is 9.53 Å². The Bertz CT molecular complexity index is 837. The van der Waals surface area contributed by atoms with Gasteiger partial charge < -0.3 is 9.64 Å². The third-order valence-electron chi connectivity index (χ3n) is 5.78. The smallest absolute Gasteiger partial charge is 0.231 e. The Hall–Kier alpha value is -2.04. The van der Waals surface area contributed by atoms with E-state index >= 15 is 0 Å². The molecular formula is C23H27ClN2O2. The lowest BCUT2D eigenvalue weighted by atomic mass is 10.00. The molecule has 148 valence electrons. The van der Waals surface area contributed by atoms with Gasteiger partial charge in [0, 0.05) is 29.7 Å². The first kappa shape index (κ1) is 19.3. The van der Waals surface area contributed by atoms with Crippen molar-refractivity contribution in [3.8, 4) is 5.75 Å². The highest BCUT2D eigenvalue weighted by Gasteiger charge is 2.26. The van der Waals surface area contributed by atoms with E-state index in [1.165, 1.54) is 19.4 Å². The lowest BCUT2D eigenvalue weighted by Crippen LogP contribution is -2.30. The summed E-state index contributed by atoms with van der Waals surface area (Å²) in [5.41, 5.74) is 2.95. The summed E-state index contributed by atoms with van der Waals surface area (Å²) in [7, 11) is 0. The summed E-state index contributed by atoms with van der Waals surface area (Å²) in [4.78, 5) is 16.9. The normalized spacial score (nSPS) is 19.7. The number of fused-ring (bicyclic) bond motifs is 1. The number of benzene rings is 2. The largest absolute Gasteiger partial charge is 0.494 e. The maximum Gasteiger partial charge on any atom is 0.231 e. The van der Waals surface area contributed by atoms with Gasteiger partial charge in [0.15, 0.2) is 0 Å². The van der Waals surface area contributed by atoms with E-state index in [4.69, 9.17) is 16.3 Å². The Labute approximate surface area is 172 Å². The fraction of sp³-hybridized carbons (Fsp3) is 0.435. The zero-order valence-electron chi connectivity index (χ0n) is 16.4. The molecule has 2 heterocycles. The predicted octanol–water partition coefficient (Wildman–Crippen LogP) is 5.20. The maximum atomic E-state index is 12.5. The first-order valence-corrected chi connectivity index (χ1v) is 10.6. The molecule has 2 aromatic rings. The summed E-state index contributed by atoms with van der Waals surface area (Å²) in [6, 6.07) is 14.2. The van der Waals surface area contributed by atoms with Crippen molar-refractivity contribution >= 4 is 28.9 Å². The van der Waals surface area contributed by atoms with Crippen molar-refractivity contribution in [2.75, 3.05) is 24.6 Å². The number of nitrogens with zero attached hydrogens (tertiary/aromatic N) is 2. The van der Waals surface area contributed by atoms with E-state index in [1.54, 1.807) is 4.90 Å². The van der Waals surface area contributed by atoms with Crippen molar-refractivity contribution in [2.45, 2.75) is 45.1 Å². The molecule has 1 amide bonds. The number of carbonyl (C=O) groups is 1. The van der Waals surface area contributed by atoms with Gasteiger partial charge in [0.1, 0.15) is 5.75 Å². The topological polar surface area (TPSA) is 32.8 Å². The Morgan fingerprint density at radius 2 is 1.96 bits per heavy atom. The van der Waals surface area contributed by atoms with Gasteiger partial charge in [-0.15, -0.1) is 0 Å². The van der Waals surface area contributed by atoms with Gasteiger partial charge in [0.05, 0.1) is 12.3 Å². The number of carbonyl (C=O) groups excluding carboxylic acids is 1. The molecule has 0 spiro atoms. The molecule has 28 heavy (non-hydrogen) atoms. The van der Waals surface area contributed by atoms with E-state index in [0.29, 0.717) is 17.5 Å². The number of amides is 1. The van der Waals surface area contributed by atoms with Crippen molar-refractivity contribution in [2.24, 2.45) is 0 Å². The maximum absolute atomic E-state index is 12.5. The molecule has 0 unspecified atom stereocenters. The number of halogens is 1. The quantitative estimate of drug-likeness (QED) is 0.626. The van der Waals surface area contributed by atoms with E-state index in [9.17, 15) is 4.79 Å². The summed E-state index contributed by atoms with van der Waals surface area (Å²) >= 11 is 5.99. The minimum Gasteiger partial charge on any atom is -0.494 e. The average molecular weight is 399 g/mol. The minimum atomic E-state index is 0.114. The van der Waals surface area contributed by atoms with Crippen LogP contribution in [-0.2, 0) is 11.2 Å². The summed E-state index contributed by atoms with van der Waals surface area (Å²) < 4.78 is 6.00. The molecule has 2 aliphatic rings. The van der Waals surface area contributed by atoms with Crippen LogP contribution in [0.15, 0.2) is 42.5 Å². The van der Waals surface area contributed by atoms with Crippen LogP contribution in [-0.4, -0.2) is 36.5 Å². The third kappa shape index (κ3) is 4.18. The van der Waals surface area contributed by atoms with Crippen LogP contribution in [0.5, 0.6) is 5.75 Å². The fourth-order valence-electron chi connectivity index (χ4n) is 4.21. The van der Waals surface area contributed by atoms with Crippen LogP contribution in [0.3, 0.4) is 0 Å². The van der Waals surface area contributed by atoms with Crippen LogP contribution < -0.4 is 9.64 Å². The van der Waals surface area contributed by atoms with E-state index in [2.05, 4.69) is 17.9 Å². The first-order chi connectivity index (χ1) is 13.6. The second-order valence-electron chi connectivity index (χ2n) is 7.73. The Balaban J connectivity index is 1.41. The third-order valence-corrected chi connectivity index (χ3v) is 6.04. The predicted molar refractivity (Wildman–Crippen MR) is 114 cm³/mol. The molecule has 5 heteroatoms. The number of likely N-dealkylation sites (tertiary alicyclic amines) is 1. The van der Waals surface area contributed by atoms with Crippen LogP contribution in [0.1, 0.15) is 38.2 Å². The van der Waals surface area contributed by atoms with Gasteiger partial charge in [0.25, 0.3) is 0 Å². The molecule has 0 aliphatic carbocycles. The van der Waals surface area contributed by atoms with Crippen molar-refractivity contribution in [1.82, 2.24) is 4.90 Å². The second-order valence-corrected chi connectivity index (χ2v) is 8.16. The van der Waals surface area contributed by atoms with E-state index in [-0.39, 0.29) is 5.91 Å². The number of anilines is 2. The van der Waals surface area contributed by atoms with Crippen LogP contribution in [0.2, 0.25) is 5.02 Å². The summed E-state index contributed by atoms with van der Waals surface area (Å²) in [5.74, 6) is 1.00. The molecule has 2 aliphatic heterocycles. The molecule has 1 atom stereocenters. The molecule has 0 N–H and O–H groups in total. The fourth-order valence-corrected chi connectivity index (χ4v) is 4.34. The minimum absolute atomic E-state index is 0.114. The van der Waals surface area contributed by atoms with Gasteiger partial charge >= 0.3 is 0 Å². The zero-order valence-corrected chi connectivity index (χ0v) is 17.1. The molecule has 1 saturated heterocycles. The Morgan fingerprint density at radius 3 is 2.71 bits per heavy atom. The Kier molecular flexibility index (Phi) is 5.88. The SMILES string of the molecule is C[C@@H]1CCCN1CCCOc1ccc2c(c1)CCC(=O)N2c1ccc(Cl)cc1. The number of aryl methyl sites for hydroxylation is 1. The van der Waals surface area contributed by atoms with Gasteiger partial charge in [-0.25, -0.2) is 0 Å². The summed E-state index contributed by atoms with van der Waals surface area (Å²) in [5, 5.41) is 0.667. The van der Waals surface area contributed by atoms with Crippen molar-refractivity contribution in [1.29, 1.82) is 0 Å². The summed E-state index contributed by atoms with van der Waals surface area (Å²) in [6.45, 7) is 5.35. The molecule has 1 fully saturated rings. The highest BCUT2D eigenvalue weighted by atomic mass is 35.5. The van der Waals surface area contributed by atoms with Crippen molar-refractivity contribution in [3.63, 3.8) is 0 Å². The standard InChI is InChI=1S/C23H27ClN2O2/c1-17-4-2-13-25(17)14-3-15-28-21-10-11-22-18(16-21)5-12-23(27)26(22)20-8-6-19(24)7-9-20/h6-11,16-17H,2-5,12-15H2,1H3/t17-/m1/s1. The number of ether oxygens (including phenoxy) is 1. The van der Waals surface area contributed by atoms with Crippen molar-refractivity contribution in [3.05, 3.63) is 53.1 Å². The molecule has 4 nitrogen and oxygen atoms in total. The summed E-state index contributed by atoms with van der Waals surface area (Å²) in [6.07, 6.45) is 4.92. The molecule has 0 aromatic heterocycles. The Morgan fingerprint density at radius 1 is 1.14 bits per heavy atom. The number of hydrogen-bond donors (Lipinski definition) is 0. The monoisotopic (exact) mass is 398 g/mol. The molecule has 0 bridgehead atoms. The van der Waals surface area contributed by atoms with E-state index in [0.717, 1.165) is 48.7 Å². The number of rotatable bonds is 6. The van der Waals surface area contributed by atoms with Gasteiger partial charge in [-0.1, -0.05) is 11.6 Å². The molecule has 0 radical (unpaired) electrons. The first-order valence-electron chi connectivity index (χ1n) is 10.2. The number of hydrogen-bond acceptors (Lipinski definition) is 3. The lowest BCUT2D eigenvalue weighted by molar-refractivity contribution is -0.118. The van der Waals surface area contributed by atoms with E-state index in [1.807, 2.05) is 36.4 Å². The van der Waals surface area contributed by atoms with Gasteiger partial charge in [-0.2, -0.15) is 0 Å². The second kappa shape index (κ2) is 8.54. The van der Waals surface area contributed by atoms with E-state index < -0.39 is 0 Å². The van der Waals surface area contributed by atoms with Gasteiger partial charge in [-0.3, -0.25) is 9.69 Å². The van der Waals surface area contributed by atoms with Crippen LogP contribution in [0.25, 0.3) is 0 Å². The van der Waals surface area contributed by atoms with Gasteiger partial charge in [-0.05, 0) is 87.2 Å².